The molecule has 0 bridgehead atoms. The Balaban J connectivity index is 2.04. The van der Waals surface area contributed by atoms with E-state index in [-0.39, 0.29) is 0 Å². The summed E-state index contributed by atoms with van der Waals surface area (Å²) < 4.78 is 0. The van der Waals surface area contributed by atoms with Gasteiger partial charge in [-0.1, -0.05) is 23.4 Å². The lowest BCUT2D eigenvalue weighted by Crippen LogP contribution is -1.97. The summed E-state index contributed by atoms with van der Waals surface area (Å²) in [6.45, 7) is 1.88. The number of thioether (sulfide) groups is 1. The van der Waals surface area contributed by atoms with Gasteiger partial charge in [0, 0.05) is 17.5 Å². The highest BCUT2D eigenvalue weighted by molar-refractivity contribution is 7.98. The Morgan fingerprint density at radius 3 is 2.76 bits per heavy atom. The lowest BCUT2D eigenvalue weighted by atomic mass is 10.4. The summed E-state index contributed by atoms with van der Waals surface area (Å²) in [4.78, 5) is 16.5. The average molecular weight is 268 g/mol. The molecule has 88 valence electrons. The van der Waals surface area contributed by atoms with E-state index in [0.29, 0.717) is 21.9 Å². The summed E-state index contributed by atoms with van der Waals surface area (Å²) in [6, 6.07) is 1.73. The molecule has 2 N–H and O–H groups in total. The molecule has 0 saturated heterocycles. The zero-order chi connectivity index (χ0) is 12.3. The highest BCUT2D eigenvalue weighted by atomic mass is 35.5. The summed E-state index contributed by atoms with van der Waals surface area (Å²) in [5, 5.41) is 1.02. The second kappa shape index (κ2) is 5.29. The van der Waals surface area contributed by atoms with Crippen LogP contribution >= 0.6 is 23.4 Å². The highest BCUT2D eigenvalue weighted by Gasteiger charge is 2.03. The molecule has 0 unspecified atom stereocenters. The fourth-order valence-electron chi connectivity index (χ4n) is 1.18. The first kappa shape index (κ1) is 12.1. The Hall–Kier alpha value is -1.40. The summed E-state index contributed by atoms with van der Waals surface area (Å²) in [7, 11) is 0. The Kier molecular flexibility index (Phi) is 3.75. The van der Waals surface area contributed by atoms with Gasteiger partial charge in [0.1, 0.15) is 11.0 Å². The fourth-order valence-corrected chi connectivity index (χ4v) is 2.08. The topological polar surface area (TPSA) is 77.6 Å². The van der Waals surface area contributed by atoms with Crippen molar-refractivity contribution < 1.29 is 0 Å². The van der Waals surface area contributed by atoms with Crippen LogP contribution in [-0.2, 0) is 5.75 Å². The third-order valence-corrected chi connectivity index (χ3v) is 2.95. The van der Waals surface area contributed by atoms with Crippen LogP contribution < -0.4 is 5.73 Å². The molecule has 0 fully saturated rings. The predicted octanol–water partition coefficient (Wildman–Crippen LogP) is 2.10. The van der Waals surface area contributed by atoms with E-state index in [9.17, 15) is 0 Å². The third kappa shape index (κ3) is 3.54. The lowest BCUT2D eigenvalue weighted by Gasteiger charge is -2.02. The maximum atomic E-state index is 5.65. The molecule has 0 aliphatic carbocycles. The van der Waals surface area contributed by atoms with Crippen molar-refractivity contribution in [3.05, 3.63) is 35.0 Å². The van der Waals surface area contributed by atoms with Crippen LogP contribution in [0.1, 0.15) is 11.4 Å². The van der Waals surface area contributed by atoms with Gasteiger partial charge in [-0.25, -0.2) is 15.0 Å². The number of hydrogen-bond acceptors (Lipinski definition) is 6. The number of rotatable bonds is 3. The maximum Gasteiger partial charge on any atom is 0.190 e. The molecular weight excluding hydrogens is 258 g/mol. The number of anilines is 1. The molecule has 0 aliphatic rings. The Labute approximate surface area is 108 Å². The van der Waals surface area contributed by atoms with Crippen molar-refractivity contribution in [2.45, 2.75) is 17.8 Å². The first-order valence-corrected chi connectivity index (χ1v) is 6.20. The van der Waals surface area contributed by atoms with E-state index < -0.39 is 0 Å². The molecule has 17 heavy (non-hydrogen) atoms. The number of halogens is 1. The van der Waals surface area contributed by atoms with Gasteiger partial charge in [-0.3, -0.25) is 4.98 Å². The van der Waals surface area contributed by atoms with Crippen molar-refractivity contribution in [3.8, 4) is 0 Å². The van der Waals surface area contributed by atoms with Crippen molar-refractivity contribution in [1.82, 2.24) is 19.9 Å². The van der Waals surface area contributed by atoms with Gasteiger partial charge in [-0.2, -0.15) is 0 Å². The van der Waals surface area contributed by atoms with Crippen LogP contribution in [0.25, 0.3) is 0 Å². The minimum atomic E-state index is 0.384. The molecule has 7 heteroatoms. The van der Waals surface area contributed by atoms with Crippen LogP contribution in [0, 0.1) is 6.92 Å². The molecule has 5 nitrogen and oxygen atoms in total. The standard InChI is InChI=1S/C10H10ClN5S/c1-6-2-9(12)16-10(15-6)17-5-7-3-14-8(11)4-13-7/h2-4H,5H2,1H3,(H2,12,15,16). The van der Waals surface area contributed by atoms with Gasteiger partial charge >= 0.3 is 0 Å². The van der Waals surface area contributed by atoms with E-state index in [1.165, 1.54) is 18.0 Å². The van der Waals surface area contributed by atoms with Gasteiger partial charge in [0.25, 0.3) is 0 Å². The van der Waals surface area contributed by atoms with Crippen LogP contribution in [-0.4, -0.2) is 19.9 Å². The average Bonchev–Trinajstić information content (AvgIpc) is 2.27. The Morgan fingerprint density at radius 2 is 2.12 bits per heavy atom. The highest BCUT2D eigenvalue weighted by Crippen LogP contribution is 2.19. The summed E-state index contributed by atoms with van der Waals surface area (Å²) >= 11 is 7.11. The summed E-state index contributed by atoms with van der Waals surface area (Å²) in [5.41, 5.74) is 7.31. The third-order valence-electron chi connectivity index (χ3n) is 1.88. The fraction of sp³-hybridized carbons (Fsp3) is 0.200. The number of aromatic nitrogens is 4. The second-order valence-corrected chi connectivity index (χ2v) is 4.67. The first-order chi connectivity index (χ1) is 8.13. The quantitative estimate of drug-likeness (QED) is 0.678. The van der Waals surface area contributed by atoms with E-state index in [2.05, 4.69) is 19.9 Å². The van der Waals surface area contributed by atoms with E-state index in [1.54, 1.807) is 12.3 Å². The first-order valence-electron chi connectivity index (χ1n) is 4.84. The normalized spacial score (nSPS) is 10.5. The molecule has 2 rings (SSSR count). The molecule has 0 aliphatic heterocycles. The smallest absolute Gasteiger partial charge is 0.190 e. The number of nitrogens with zero attached hydrogens (tertiary/aromatic N) is 4. The molecule has 0 radical (unpaired) electrons. The van der Waals surface area contributed by atoms with Gasteiger partial charge in [0.05, 0.1) is 18.1 Å². The molecular formula is C10H10ClN5S. The predicted molar refractivity (Wildman–Crippen MR) is 67.8 cm³/mol. The lowest BCUT2D eigenvalue weighted by molar-refractivity contribution is 0.938. The van der Waals surface area contributed by atoms with E-state index in [0.717, 1.165) is 11.4 Å². The SMILES string of the molecule is Cc1cc(N)nc(SCc2cnc(Cl)cn2)n1. The van der Waals surface area contributed by atoms with E-state index in [1.807, 2.05) is 6.92 Å². The van der Waals surface area contributed by atoms with Gasteiger partial charge in [-0.15, -0.1) is 0 Å². The largest absolute Gasteiger partial charge is 0.384 e. The van der Waals surface area contributed by atoms with Gasteiger partial charge in [0.2, 0.25) is 0 Å². The van der Waals surface area contributed by atoms with Crippen LogP contribution in [0.5, 0.6) is 0 Å². The molecule has 0 atom stereocenters. The summed E-state index contributed by atoms with van der Waals surface area (Å²) in [5.74, 6) is 1.11. The number of aryl methyl sites for hydroxylation is 1. The van der Waals surface area contributed by atoms with Crippen molar-refractivity contribution in [3.63, 3.8) is 0 Å². The minimum Gasteiger partial charge on any atom is -0.384 e. The zero-order valence-corrected chi connectivity index (χ0v) is 10.7. The van der Waals surface area contributed by atoms with Gasteiger partial charge in [-0.05, 0) is 6.92 Å². The van der Waals surface area contributed by atoms with Crippen LogP contribution in [0.3, 0.4) is 0 Å². The summed E-state index contributed by atoms with van der Waals surface area (Å²) in [6.07, 6.45) is 3.15. The van der Waals surface area contributed by atoms with E-state index >= 15 is 0 Å². The van der Waals surface area contributed by atoms with Crippen LogP contribution in [0.4, 0.5) is 5.82 Å². The molecule has 0 saturated carbocycles. The number of nitrogen functional groups attached to an aromatic ring is 1. The van der Waals surface area contributed by atoms with Gasteiger partial charge in [0.15, 0.2) is 5.16 Å². The van der Waals surface area contributed by atoms with Gasteiger partial charge < -0.3 is 5.73 Å². The van der Waals surface area contributed by atoms with Crippen LogP contribution in [0.2, 0.25) is 5.15 Å². The second-order valence-electron chi connectivity index (χ2n) is 3.34. The molecule has 0 amide bonds. The Morgan fingerprint density at radius 1 is 1.29 bits per heavy atom. The minimum absolute atomic E-state index is 0.384. The van der Waals surface area contributed by atoms with Crippen LogP contribution in [0.15, 0.2) is 23.6 Å². The van der Waals surface area contributed by atoms with Crippen molar-refractivity contribution >= 4 is 29.2 Å². The molecule has 2 aromatic rings. The van der Waals surface area contributed by atoms with E-state index in [4.69, 9.17) is 17.3 Å². The van der Waals surface area contributed by atoms with Crippen molar-refractivity contribution in [2.75, 3.05) is 5.73 Å². The molecule has 0 spiro atoms. The molecule has 0 aromatic carbocycles. The zero-order valence-electron chi connectivity index (χ0n) is 9.09. The Bertz CT molecular complexity index is 496. The number of nitrogens with two attached hydrogens (primary N) is 1. The van der Waals surface area contributed by atoms with Crippen molar-refractivity contribution in [1.29, 1.82) is 0 Å². The van der Waals surface area contributed by atoms with Crippen molar-refractivity contribution in [2.24, 2.45) is 0 Å². The maximum absolute atomic E-state index is 5.65. The monoisotopic (exact) mass is 267 g/mol. The molecule has 2 aromatic heterocycles. The molecule has 2 heterocycles. The number of hydrogen-bond donors (Lipinski definition) is 1.